The fourth-order valence-corrected chi connectivity index (χ4v) is 9.11. The molecule has 0 saturated carbocycles. The first kappa shape index (κ1) is 28.0. The van der Waals surface area contributed by atoms with Gasteiger partial charge in [0.25, 0.3) is 0 Å². The number of nitrogens with zero attached hydrogens (tertiary/aromatic N) is 3. The number of benzene rings is 1. The van der Waals surface area contributed by atoms with Crippen LogP contribution in [0.15, 0.2) is 54.6 Å². The van der Waals surface area contributed by atoms with E-state index in [1.165, 1.54) is 0 Å². The maximum atomic E-state index is 14.5. The van der Waals surface area contributed by atoms with Crippen molar-refractivity contribution in [3.63, 3.8) is 0 Å². The lowest BCUT2D eigenvalue weighted by molar-refractivity contribution is -0.145. The van der Waals surface area contributed by atoms with Crippen LogP contribution < -0.4 is 4.90 Å². The molecular formula is C31H41N3O4S. The molecule has 0 bridgehead atoms. The van der Waals surface area contributed by atoms with Gasteiger partial charge in [-0.2, -0.15) is 0 Å². The molecule has 4 heterocycles. The van der Waals surface area contributed by atoms with Gasteiger partial charge in [0.1, 0.15) is 6.04 Å². The second-order valence-corrected chi connectivity index (χ2v) is 14.2. The Morgan fingerprint density at radius 1 is 0.897 bits per heavy atom. The summed E-state index contributed by atoms with van der Waals surface area (Å²) in [6.07, 6.45) is 11.5. The van der Waals surface area contributed by atoms with E-state index in [1.807, 2.05) is 68.2 Å². The van der Waals surface area contributed by atoms with Crippen LogP contribution in [0.1, 0.15) is 53.4 Å². The standard InChI is InChI=1S/C31H41N3O4S/c1-29(2,3)34-20-13-17-31-24(27(37)33(25(31)28(34)38)18-10-5-6-11-21-35)23-26(36)32(22-14-8-7-9-15-22)19-12-16-30(23,4)39-31/h7-9,12-17,23-25,35H,5-6,10-11,18-21H2,1-4H3/t23-,24+,25?,30+,31+/m1/s1. The Kier molecular flexibility index (Phi) is 7.48. The van der Waals surface area contributed by atoms with Crippen LogP contribution in [-0.2, 0) is 14.4 Å². The molecule has 4 aliphatic heterocycles. The van der Waals surface area contributed by atoms with Crippen molar-refractivity contribution in [2.24, 2.45) is 11.8 Å². The van der Waals surface area contributed by atoms with Gasteiger partial charge in [0.15, 0.2) is 0 Å². The number of unbranched alkanes of at least 4 members (excludes halogenated alkanes) is 3. The van der Waals surface area contributed by atoms with Crippen LogP contribution in [0.25, 0.3) is 0 Å². The van der Waals surface area contributed by atoms with E-state index in [0.717, 1.165) is 31.4 Å². The van der Waals surface area contributed by atoms with Crippen LogP contribution in [0.4, 0.5) is 5.69 Å². The number of anilines is 1. The van der Waals surface area contributed by atoms with Crippen molar-refractivity contribution in [3.8, 4) is 0 Å². The van der Waals surface area contributed by atoms with Crippen molar-refractivity contribution in [1.82, 2.24) is 9.80 Å². The van der Waals surface area contributed by atoms with Gasteiger partial charge in [0.2, 0.25) is 17.7 Å². The number of fused-ring (bicyclic) bond motifs is 2. The predicted octanol–water partition coefficient (Wildman–Crippen LogP) is 4.03. The number of rotatable bonds is 7. The first-order valence-electron chi connectivity index (χ1n) is 14.2. The molecule has 0 aromatic heterocycles. The number of aliphatic hydroxyl groups excluding tert-OH is 1. The highest BCUT2D eigenvalue weighted by atomic mass is 32.2. The molecule has 210 valence electrons. The quantitative estimate of drug-likeness (QED) is 0.409. The molecule has 4 aliphatic rings. The van der Waals surface area contributed by atoms with Gasteiger partial charge < -0.3 is 19.8 Å². The number of amides is 3. The number of carbonyl (C=O) groups is 3. The van der Waals surface area contributed by atoms with E-state index < -0.39 is 32.9 Å². The van der Waals surface area contributed by atoms with Crippen molar-refractivity contribution in [2.75, 3.05) is 31.1 Å². The van der Waals surface area contributed by atoms with Crippen molar-refractivity contribution >= 4 is 35.2 Å². The molecule has 8 heteroatoms. The SMILES string of the molecule is CC(C)(C)N1CC=C[C@]23S[C@@]4(C)C=CCN(c5ccccc5)C(=O)[C@H]4[C@H]2C(=O)N(CCCCCCO)C3C1=O. The topological polar surface area (TPSA) is 81.2 Å². The van der Waals surface area contributed by atoms with Crippen LogP contribution in [0.3, 0.4) is 0 Å². The Hall–Kier alpha value is -2.58. The van der Waals surface area contributed by atoms with Gasteiger partial charge in [-0.25, -0.2) is 0 Å². The van der Waals surface area contributed by atoms with Gasteiger partial charge in [0.05, 0.1) is 16.6 Å². The zero-order valence-electron chi connectivity index (χ0n) is 23.5. The molecule has 2 saturated heterocycles. The van der Waals surface area contributed by atoms with E-state index in [-0.39, 0.29) is 24.3 Å². The van der Waals surface area contributed by atoms with Gasteiger partial charge >= 0.3 is 0 Å². The van der Waals surface area contributed by atoms with E-state index in [2.05, 4.69) is 19.1 Å². The smallest absolute Gasteiger partial charge is 0.247 e. The minimum atomic E-state index is -0.821. The molecule has 1 N–H and O–H groups in total. The zero-order chi connectivity index (χ0) is 28.0. The molecule has 39 heavy (non-hydrogen) atoms. The Bertz CT molecular complexity index is 1180. The average molecular weight is 552 g/mol. The summed E-state index contributed by atoms with van der Waals surface area (Å²) in [5.74, 6) is -1.40. The number of likely N-dealkylation sites (tertiary alicyclic amines) is 1. The number of carbonyl (C=O) groups excluding carboxylic acids is 3. The third-order valence-electron chi connectivity index (χ3n) is 8.74. The zero-order valence-corrected chi connectivity index (χ0v) is 24.3. The number of aliphatic hydroxyl groups is 1. The van der Waals surface area contributed by atoms with Gasteiger partial charge in [0, 0.05) is 42.2 Å². The molecule has 0 radical (unpaired) electrons. The average Bonchev–Trinajstić information content (AvgIpc) is 3.14. The Morgan fingerprint density at radius 3 is 2.28 bits per heavy atom. The van der Waals surface area contributed by atoms with Crippen LogP contribution >= 0.6 is 11.8 Å². The summed E-state index contributed by atoms with van der Waals surface area (Å²) in [4.78, 5) is 48.7. The molecule has 1 aromatic carbocycles. The summed E-state index contributed by atoms with van der Waals surface area (Å²) < 4.78 is -1.44. The molecule has 5 rings (SSSR count). The first-order valence-corrected chi connectivity index (χ1v) is 15.0. The highest BCUT2D eigenvalue weighted by Crippen LogP contribution is 2.65. The lowest BCUT2D eigenvalue weighted by atomic mass is 9.74. The van der Waals surface area contributed by atoms with Gasteiger partial charge in [-0.3, -0.25) is 14.4 Å². The fraction of sp³-hybridized carbons (Fsp3) is 0.581. The number of hydrogen-bond acceptors (Lipinski definition) is 5. The molecule has 5 atom stereocenters. The number of thioether (sulfide) groups is 1. The fourth-order valence-electron chi connectivity index (χ4n) is 6.95. The Morgan fingerprint density at radius 2 is 1.59 bits per heavy atom. The van der Waals surface area contributed by atoms with Crippen molar-refractivity contribution in [3.05, 3.63) is 54.6 Å². The van der Waals surface area contributed by atoms with Crippen LogP contribution in [0.2, 0.25) is 0 Å². The summed E-state index contributed by atoms with van der Waals surface area (Å²) >= 11 is 1.63. The molecule has 7 nitrogen and oxygen atoms in total. The highest BCUT2D eigenvalue weighted by Gasteiger charge is 2.74. The summed E-state index contributed by atoms with van der Waals surface area (Å²) in [6.45, 7) is 9.71. The van der Waals surface area contributed by atoms with Crippen molar-refractivity contribution < 1.29 is 19.5 Å². The molecular weight excluding hydrogens is 510 g/mol. The van der Waals surface area contributed by atoms with Gasteiger partial charge in [-0.15, -0.1) is 11.8 Å². The molecule has 1 aromatic rings. The molecule has 1 unspecified atom stereocenters. The van der Waals surface area contributed by atoms with Crippen LogP contribution in [0.5, 0.6) is 0 Å². The molecule has 1 spiro atoms. The number of para-hydroxylation sites is 1. The molecule has 2 fully saturated rings. The van der Waals surface area contributed by atoms with Gasteiger partial charge in [-0.1, -0.05) is 55.3 Å². The summed E-state index contributed by atoms with van der Waals surface area (Å²) in [5, 5.41) is 9.17. The van der Waals surface area contributed by atoms with E-state index in [1.54, 1.807) is 21.6 Å². The largest absolute Gasteiger partial charge is 0.396 e. The highest BCUT2D eigenvalue weighted by molar-refractivity contribution is 8.02. The van der Waals surface area contributed by atoms with Crippen LogP contribution in [-0.4, -0.2) is 79.9 Å². The van der Waals surface area contributed by atoms with Crippen LogP contribution in [0, 0.1) is 11.8 Å². The van der Waals surface area contributed by atoms with E-state index in [0.29, 0.717) is 19.6 Å². The second kappa shape index (κ2) is 10.4. The normalized spacial score (nSPS) is 32.3. The minimum absolute atomic E-state index is 0.0392. The second-order valence-electron chi connectivity index (χ2n) is 12.4. The van der Waals surface area contributed by atoms with Crippen molar-refractivity contribution in [1.29, 1.82) is 0 Å². The number of hydrogen-bond donors (Lipinski definition) is 1. The monoisotopic (exact) mass is 551 g/mol. The van der Waals surface area contributed by atoms with E-state index >= 15 is 0 Å². The summed E-state index contributed by atoms with van der Waals surface area (Å²) in [6, 6.07) is 8.97. The predicted molar refractivity (Wildman–Crippen MR) is 155 cm³/mol. The first-order chi connectivity index (χ1) is 18.5. The Labute approximate surface area is 236 Å². The maximum Gasteiger partial charge on any atom is 0.247 e. The lowest BCUT2D eigenvalue weighted by Gasteiger charge is -2.41. The minimum Gasteiger partial charge on any atom is -0.396 e. The van der Waals surface area contributed by atoms with E-state index in [9.17, 15) is 19.5 Å². The summed E-state index contributed by atoms with van der Waals surface area (Å²) in [7, 11) is 0. The lowest BCUT2D eigenvalue weighted by Crippen LogP contribution is -2.57. The Balaban J connectivity index is 1.57. The molecule has 0 aliphatic carbocycles. The van der Waals surface area contributed by atoms with Crippen molar-refractivity contribution in [2.45, 2.75) is 74.5 Å². The summed E-state index contributed by atoms with van der Waals surface area (Å²) in [5.41, 5.74) is 0.412. The van der Waals surface area contributed by atoms with E-state index in [4.69, 9.17) is 0 Å². The third-order valence-corrected chi connectivity index (χ3v) is 10.5. The molecule has 3 amide bonds. The van der Waals surface area contributed by atoms with Gasteiger partial charge in [-0.05, 0) is 52.7 Å². The maximum absolute atomic E-state index is 14.5. The third kappa shape index (κ3) is 4.63.